The summed E-state index contributed by atoms with van der Waals surface area (Å²) in [6.45, 7) is 5.43. The molecule has 1 fully saturated rings. The highest BCUT2D eigenvalue weighted by atomic mass is 16.5. The van der Waals surface area contributed by atoms with Crippen LogP contribution in [0.5, 0.6) is 11.5 Å². The average molecular weight is 327 g/mol. The number of methoxy groups -OCH3 is 2. The smallest absolute Gasteiger partial charge is 0.161 e. The molecule has 0 saturated carbocycles. The second-order valence-corrected chi connectivity index (χ2v) is 6.96. The van der Waals surface area contributed by atoms with E-state index in [4.69, 9.17) is 20.4 Å². The summed E-state index contributed by atoms with van der Waals surface area (Å²) in [6.07, 6.45) is 1.02. The third kappa shape index (κ3) is 3.20. The van der Waals surface area contributed by atoms with E-state index >= 15 is 0 Å². The Bertz CT molecular complexity index is 824. The summed E-state index contributed by atoms with van der Waals surface area (Å²) < 4.78 is 71.6. The molecular weight excluding hydrogens is 290 g/mol. The highest BCUT2D eigenvalue weighted by Crippen LogP contribution is 2.43. The van der Waals surface area contributed by atoms with Crippen LogP contribution in [0.3, 0.4) is 0 Å². The summed E-state index contributed by atoms with van der Waals surface area (Å²) in [4.78, 5) is 2.16. The van der Waals surface area contributed by atoms with Crippen molar-refractivity contribution < 1.29 is 25.5 Å². The Morgan fingerprint density at radius 1 is 1.35 bits per heavy atom. The second kappa shape index (κ2) is 6.70. The molecule has 1 saturated heterocycles. The van der Waals surface area contributed by atoms with Gasteiger partial charge in [0.25, 0.3) is 0 Å². The van der Waals surface area contributed by atoms with Gasteiger partial charge >= 0.3 is 0 Å². The molecule has 1 N–H and O–H groups in total. The van der Waals surface area contributed by atoms with Gasteiger partial charge in [-0.15, -0.1) is 0 Å². The number of hydrogen-bond donors (Lipinski definition) is 1. The van der Waals surface area contributed by atoms with E-state index in [0.717, 1.165) is 6.42 Å². The van der Waals surface area contributed by atoms with E-state index in [2.05, 4.69) is 18.7 Å². The minimum Gasteiger partial charge on any atom is -0.493 e. The maximum atomic E-state index is 10.8. The second-order valence-electron chi connectivity index (χ2n) is 6.96. The van der Waals surface area contributed by atoms with Crippen molar-refractivity contribution in [3.8, 4) is 11.5 Å². The lowest BCUT2D eigenvalue weighted by molar-refractivity contribution is -0.0191. The number of piperidine rings is 1. The van der Waals surface area contributed by atoms with E-state index in [0.29, 0.717) is 43.0 Å². The molecule has 1 aromatic carbocycles. The Morgan fingerprint density at radius 3 is 2.78 bits per heavy atom. The number of ether oxygens (including phenoxy) is 2. The van der Waals surface area contributed by atoms with E-state index in [1.807, 2.05) is 0 Å². The topological polar surface area (TPSA) is 41.9 Å². The van der Waals surface area contributed by atoms with Crippen LogP contribution in [-0.4, -0.2) is 43.3 Å². The van der Waals surface area contributed by atoms with Crippen molar-refractivity contribution in [3.05, 3.63) is 23.2 Å². The summed E-state index contributed by atoms with van der Waals surface area (Å²) >= 11 is 0. The average Bonchev–Trinajstić information content (AvgIpc) is 2.60. The van der Waals surface area contributed by atoms with Gasteiger partial charge in [-0.05, 0) is 54.3 Å². The zero-order valence-corrected chi connectivity index (χ0v) is 13.6. The SMILES string of the molecule is [2H]c1c2c(c([2H])c(OC([2H])([2H])[2H])c1OC([2H])([2H])[2H])C1CC(O)C(CC(C)C)CN1CC2. The van der Waals surface area contributed by atoms with E-state index in [-0.39, 0.29) is 24.0 Å². The first-order chi connectivity index (χ1) is 14.2. The number of aliphatic hydroxyl groups excluding tert-OH is 1. The van der Waals surface area contributed by atoms with Crippen molar-refractivity contribution in [3.63, 3.8) is 0 Å². The zero-order chi connectivity index (χ0) is 23.3. The number of benzene rings is 1. The van der Waals surface area contributed by atoms with E-state index in [1.165, 1.54) is 0 Å². The normalized spacial score (nSPS) is 33.7. The predicted molar refractivity (Wildman–Crippen MR) is 91.1 cm³/mol. The molecule has 0 aromatic heterocycles. The Kier molecular flexibility index (Phi) is 2.70. The van der Waals surface area contributed by atoms with Crippen molar-refractivity contribution in [2.45, 2.75) is 45.3 Å². The third-order valence-corrected chi connectivity index (χ3v) is 4.92. The van der Waals surface area contributed by atoms with Crippen molar-refractivity contribution >= 4 is 0 Å². The Balaban J connectivity index is 2.09. The number of rotatable bonds is 4. The van der Waals surface area contributed by atoms with Gasteiger partial charge in [-0.1, -0.05) is 13.8 Å². The summed E-state index contributed by atoms with van der Waals surface area (Å²) in [7, 11) is -5.89. The molecular formula is C19H29NO3. The summed E-state index contributed by atoms with van der Waals surface area (Å²) in [5.41, 5.74) is 0.855. The van der Waals surface area contributed by atoms with Gasteiger partial charge < -0.3 is 14.6 Å². The number of hydrogen-bond acceptors (Lipinski definition) is 4. The summed E-state index contributed by atoms with van der Waals surface area (Å²) in [5.74, 6) is -0.597. The van der Waals surface area contributed by atoms with Crippen molar-refractivity contribution in [2.75, 3.05) is 27.2 Å². The molecule has 0 aliphatic carbocycles. The van der Waals surface area contributed by atoms with Crippen LogP contribution in [0.1, 0.15) is 54.8 Å². The lowest BCUT2D eigenvalue weighted by Gasteiger charge is -2.46. The highest BCUT2D eigenvalue weighted by Gasteiger charge is 2.38. The van der Waals surface area contributed by atoms with Gasteiger partial charge in [0.15, 0.2) is 11.5 Å². The maximum absolute atomic E-state index is 10.8. The van der Waals surface area contributed by atoms with Crippen LogP contribution in [0.15, 0.2) is 12.1 Å². The Morgan fingerprint density at radius 2 is 2.09 bits per heavy atom. The fourth-order valence-electron chi connectivity index (χ4n) is 3.90. The zero-order valence-electron chi connectivity index (χ0n) is 21.6. The monoisotopic (exact) mass is 327 g/mol. The van der Waals surface area contributed by atoms with Gasteiger partial charge in [0.2, 0.25) is 0 Å². The lowest BCUT2D eigenvalue weighted by atomic mass is 9.79. The highest BCUT2D eigenvalue weighted by molar-refractivity contribution is 5.49. The van der Waals surface area contributed by atoms with Crippen LogP contribution in [-0.2, 0) is 6.42 Å². The van der Waals surface area contributed by atoms with Crippen LogP contribution < -0.4 is 9.47 Å². The van der Waals surface area contributed by atoms with Crippen molar-refractivity contribution in [1.29, 1.82) is 0 Å². The van der Waals surface area contributed by atoms with Gasteiger partial charge in [0.1, 0.15) is 0 Å². The molecule has 0 spiro atoms. The minimum absolute atomic E-state index is 0.0960. The minimum atomic E-state index is -2.95. The summed E-state index contributed by atoms with van der Waals surface area (Å²) in [5, 5.41) is 10.8. The van der Waals surface area contributed by atoms with Crippen LogP contribution in [0.2, 0.25) is 0 Å². The number of nitrogens with zero attached hydrogens (tertiary/aromatic N) is 1. The van der Waals surface area contributed by atoms with Crippen LogP contribution >= 0.6 is 0 Å². The molecule has 0 amide bonds. The van der Waals surface area contributed by atoms with Crippen molar-refractivity contribution in [2.24, 2.45) is 11.8 Å². The first kappa shape index (κ1) is 9.28. The number of aliphatic hydroxyl groups is 1. The molecule has 4 heteroatoms. The van der Waals surface area contributed by atoms with E-state index in [1.54, 1.807) is 0 Å². The largest absolute Gasteiger partial charge is 0.493 e. The molecule has 128 valence electrons. The van der Waals surface area contributed by atoms with Gasteiger partial charge in [-0.25, -0.2) is 0 Å². The van der Waals surface area contributed by atoms with Crippen LogP contribution in [0.4, 0.5) is 0 Å². The van der Waals surface area contributed by atoms with E-state index in [9.17, 15) is 5.11 Å². The van der Waals surface area contributed by atoms with Crippen LogP contribution in [0, 0.1) is 11.8 Å². The molecule has 23 heavy (non-hydrogen) atoms. The summed E-state index contributed by atoms with van der Waals surface area (Å²) in [6, 6.07) is -0.954. The quantitative estimate of drug-likeness (QED) is 0.923. The molecule has 0 bridgehead atoms. The van der Waals surface area contributed by atoms with Gasteiger partial charge in [0, 0.05) is 19.1 Å². The molecule has 2 aliphatic rings. The fraction of sp³-hybridized carbons (Fsp3) is 0.684. The maximum Gasteiger partial charge on any atom is 0.161 e. The van der Waals surface area contributed by atoms with Gasteiger partial charge in [-0.3, -0.25) is 4.90 Å². The molecule has 3 unspecified atom stereocenters. The molecule has 1 aromatic rings. The first-order valence-corrected chi connectivity index (χ1v) is 8.14. The fourth-order valence-corrected chi connectivity index (χ4v) is 3.90. The first-order valence-electron chi connectivity index (χ1n) is 12.1. The standard InChI is InChI=1S/C19H29NO3/c1-12(2)7-14-11-20-6-5-13-8-18(22-3)19(23-4)9-15(13)16(20)10-17(14)21/h8-9,12,14,16-17,21H,5-7,10-11H2,1-4H3/i3D3,4D3,8D,9D. The van der Waals surface area contributed by atoms with Crippen LogP contribution in [0.25, 0.3) is 0 Å². The van der Waals surface area contributed by atoms with Gasteiger partial charge in [0.05, 0.1) is 31.1 Å². The van der Waals surface area contributed by atoms with Crippen molar-refractivity contribution in [1.82, 2.24) is 4.90 Å². The molecule has 2 aliphatic heterocycles. The molecule has 3 rings (SSSR count). The molecule has 3 atom stereocenters. The molecule has 2 heterocycles. The molecule has 4 nitrogen and oxygen atoms in total. The third-order valence-electron chi connectivity index (χ3n) is 4.92. The lowest BCUT2D eigenvalue weighted by Crippen LogP contribution is -2.48. The Labute approximate surface area is 150 Å². The molecule has 0 radical (unpaired) electrons. The van der Waals surface area contributed by atoms with Gasteiger partial charge in [-0.2, -0.15) is 0 Å². The Hall–Kier alpha value is -1.26. The number of fused-ring (bicyclic) bond motifs is 3. The van der Waals surface area contributed by atoms with E-state index < -0.39 is 31.7 Å². The predicted octanol–water partition coefficient (Wildman–Crippen LogP) is 3.03.